The van der Waals surface area contributed by atoms with Gasteiger partial charge >= 0.3 is 0 Å². The average Bonchev–Trinajstić information content (AvgIpc) is 3.21. The van der Waals surface area contributed by atoms with Crippen molar-refractivity contribution in [3.8, 4) is 0 Å². The summed E-state index contributed by atoms with van der Waals surface area (Å²) >= 11 is 0. The van der Waals surface area contributed by atoms with Crippen LogP contribution in [0.25, 0.3) is 10.9 Å². The molecular formula is C22H21N3O2. The second-order valence-electron chi connectivity index (χ2n) is 6.87. The van der Waals surface area contributed by atoms with Gasteiger partial charge in [0, 0.05) is 28.8 Å². The Balaban J connectivity index is 1.52. The normalized spacial score (nSPS) is 14.2. The van der Waals surface area contributed by atoms with E-state index in [-0.39, 0.29) is 17.9 Å². The molecule has 1 heterocycles. The second kappa shape index (κ2) is 7.58. The third kappa shape index (κ3) is 3.82. The van der Waals surface area contributed by atoms with Gasteiger partial charge in [-0.25, -0.2) is 0 Å². The molecule has 1 aromatic heterocycles. The average molecular weight is 359 g/mol. The summed E-state index contributed by atoms with van der Waals surface area (Å²) in [6, 6.07) is 16.5. The molecule has 3 aromatic rings. The summed E-state index contributed by atoms with van der Waals surface area (Å²) < 4.78 is 0. The standard InChI is InChI=1S/C22H21N3O2/c26-21(24-18-10-1-2-11-18)16-7-3-8-17(14-16)22(27)25-19-12-4-6-15-9-5-13-23-20(15)19/h3-9,12-14,18H,1-2,10-11H2,(H,24,26)(H,25,27). The first kappa shape index (κ1) is 17.2. The maximum Gasteiger partial charge on any atom is 0.255 e. The van der Waals surface area contributed by atoms with E-state index in [1.807, 2.05) is 30.3 Å². The first-order valence-electron chi connectivity index (χ1n) is 9.27. The van der Waals surface area contributed by atoms with Crippen LogP contribution >= 0.6 is 0 Å². The van der Waals surface area contributed by atoms with Crippen molar-refractivity contribution in [3.63, 3.8) is 0 Å². The molecule has 136 valence electrons. The number of nitrogens with zero attached hydrogens (tertiary/aromatic N) is 1. The molecule has 0 atom stereocenters. The number of aromatic nitrogens is 1. The highest BCUT2D eigenvalue weighted by Gasteiger charge is 2.18. The molecule has 5 nitrogen and oxygen atoms in total. The Morgan fingerprint density at radius 1 is 0.889 bits per heavy atom. The van der Waals surface area contributed by atoms with Crippen molar-refractivity contribution in [1.29, 1.82) is 0 Å². The summed E-state index contributed by atoms with van der Waals surface area (Å²) in [4.78, 5) is 29.5. The molecule has 2 aromatic carbocycles. The number of nitrogens with one attached hydrogen (secondary N) is 2. The van der Waals surface area contributed by atoms with Gasteiger partial charge < -0.3 is 10.6 Å². The summed E-state index contributed by atoms with van der Waals surface area (Å²) in [6.07, 6.45) is 6.07. The number of anilines is 1. The molecule has 5 heteroatoms. The molecule has 1 saturated carbocycles. The van der Waals surface area contributed by atoms with Gasteiger partial charge in [0.25, 0.3) is 11.8 Å². The third-order valence-electron chi connectivity index (χ3n) is 4.96. The van der Waals surface area contributed by atoms with Crippen LogP contribution in [0.15, 0.2) is 60.8 Å². The minimum absolute atomic E-state index is 0.122. The van der Waals surface area contributed by atoms with E-state index in [1.54, 1.807) is 30.5 Å². The fourth-order valence-electron chi connectivity index (χ4n) is 3.54. The molecular weight excluding hydrogens is 338 g/mol. The highest BCUT2D eigenvalue weighted by atomic mass is 16.2. The molecule has 1 aliphatic carbocycles. The Bertz CT molecular complexity index is 988. The zero-order valence-corrected chi connectivity index (χ0v) is 14.9. The molecule has 0 bridgehead atoms. The molecule has 1 aliphatic rings. The molecule has 27 heavy (non-hydrogen) atoms. The highest BCUT2D eigenvalue weighted by molar-refractivity contribution is 6.09. The lowest BCUT2D eigenvalue weighted by Crippen LogP contribution is -2.32. The maximum atomic E-state index is 12.7. The van der Waals surface area contributed by atoms with E-state index in [0.717, 1.165) is 36.6 Å². The molecule has 0 radical (unpaired) electrons. The Morgan fingerprint density at radius 3 is 2.41 bits per heavy atom. The van der Waals surface area contributed by atoms with E-state index in [2.05, 4.69) is 15.6 Å². The largest absolute Gasteiger partial charge is 0.349 e. The van der Waals surface area contributed by atoms with Crippen LogP contribution in [0.1, 0.15) is 46.4 Å². The highest BCUT2D eigenvalue weighted by Crippen LogP contribution is 2.22. The predicted molar refractivity (Wildman–Crippen MR) is 106 cm³/mol. The van der Waals surface area contributed by atoms with Gasteiger partial charge in [0.05, 0.1) is 11.2 Å². The van der Waals surface area contributed by atoms with Crippen LogP contribution in [0.2, 0.25) is 0 Å². The topological polar surface area (TPSA) is 71.1 Å². The molecule has 1 fully saturated rings. The van der Waals surface area contributed by atoms with Crippen molar-refractivity contribution >= 4 is 28.4 Å². The van der Waals surface area contributed by atoms with Crippen molar-refractivity contribution in [1.82, 2.24) is 10.3 Å². The SMILES string of the molecule is O=C(Nc1cccc2cccnc12)c1cccc(C(=O)NC2CCCC2)c1. The number of benzene rings is 2. The number of hydrogen-bond acceptors (Lipinski definition) is 3. The van der Waals surface area contributed by atoms with Crippen LogP contribution in [0.5, 0.6) is 0 Å². The van der Waals surface area contributed by atoms with E-state index in [9.17, 15) is 9.59 Å². The lowest BCUT2D eigenvalue weighted by atomic mass is 10.1. The smallest absolute Gasteiger partial charge is 0.255 e. The Labute approximate surface area is 157 Å². The van der Waals surface area contributed by atoms with Crippen LogP contribution in [0.4, 0.5) is 5.69 Å². The quantitative estimate of drug-likeness (QED) is 0.735. The second-order valence-corrected chi connectivity index (χ2v) is 6.87. The van der Waals surface area contributed by atoms with Gasteiger partial charge in [-0.1, -0.05) is 37.1 Å². The van der Waals surface area contributed by atoms with E-state index >= 15 is 0 Å². The first-order chi connectivity index (χ1) is 13.2. The van der Waals surface area contributed by atoms with E-state index in [1.165, 1.54) is 0 Å². The van der Waals surface area contributed by atoms with Crippen molar-refractivity contribution < 1.29 is 9.59 Å². The van der Waals surface area contributed by atoms with Crippen LogP contribution < -0.4 is 10.6 Å². The van der Waals surface area contributed by atoms with Gasteiger partial charge in [-0.2, -0.15) is 0 Å². The summed E-state index contributed by atoms with van der Waals surface area (Å²) in [7, 11) is 0. The van der Waals surface area contributed by atoms with Crippen LogP contribution in [-0.2, 0) is 0 Å². The summed E-state index contributed by atoms with van der Waals surface area (Å²) in [5.41, 5.74) is 2.34. The van der Waals surface area contributed by atoms with Crippen LogP contribution in [0, 0.1) is 0 Å². The minimum Gasteiger partial charge on any atom is -0.349 e. The van der Waals surface area contributed by atoms with Gasteiger partial charge in [0.2, 0.25) is 0 Å². The molecule has 0 saturated heterocycles. The summed E-state index contributed by atoms with van der Waals surface area (Å²) in [6.45, 7) is 0. The molecule has 0 unspecified atom stereocenters. The lowest BCUT2D eigenvalue weighted by Gasteiger charge is -2.12. The van der Waals surface area contributed by atoms with Gasteiger partial charge in [-0.05, 0) is 43.2 Å². The number of fused-ring (bicyclic) bond motifs is 1. The Kier molecular flexibility index (Phi) is 4.83. The number of carbonyl (C=O) groups is 2. The maximum absolute atomic E-state index is 12.7. The summed E-state index contributed by atoms with van der Waals surface area (Å²) in [5, 5.41) is 6.92. The van der Waals surface area contributed by atoms with Crippen LogP contribution in [-0.4, -0.2) is 22.8 Å². The zero-order valence-electron chi connectivity index (χ0n) is 14.9. The monoisotopic (exact) mass is 359 g/mol. The van der Waals surface area contributed by atoms with Crippen molar-refractivity contribution in [2.75, 3.05) is 5.32 Å². The third-order valence-corrected chi connectivity index (χ3v) is 4.96. The van der Waals surface area contributed by atoms with Crippen molar-refractivity contribution in [3.05, 3.63) is 71.9 Å². The first-order valence-corrected chi connectivity index (χ1v) is 9.27. The molecule has 2 N–H and O–H groups in total. The minimum atomic E-state index is -0.260. The molecule has 2 amide bonds. The fourth-order valence-corrected chi connectivity index (χ4v) is 3.54. The predicted octanol–water partition coefficient (Wildman–Crippen LogP) is 4.16. The van der Waals surface area contributed by atoms with E-state index in [4.69, 9.17) is 0 Å². The Hall–Kier alpha value is -3.21. The van der Waals surface area contributed by atoms with Gasteiger partial charge in [-0.3, -0.25) is 14.6 Å². The number of carbonyl (C=O) groups excluding carboxylic acids is 2. The number of rotatable bonds is 4. The number of para-hydroxylation sites is 1. The molecule has 0 aliphatic heterocycles. The fraction of sp³-hybridized carbons (Fsp3) is 0.227. The summed E-state index contributed by atoms with van der Waals surface area (Å²) in [5.74, 6) is -0.382. The number of hydrogen-bond donors (Lipinski definition) is 2. The van der Waals surface area contributed by atoms with E-state index in [0.29, 0.717) is 16.8 Å². The van der Waals surface area contributed by atoms with Crippen LogP contribution in [0.3, 0.4) is 0 Å². The lowest BCUT2D eigenvalue weighted by molar-refractivity contribution is 0.0938. The van der Waals surface area contributed by atoms with Crippen molar-refractivity contribution in [2.45, 2.75) is 31.7 Å². The van der Waals surface area contributed by atoms with Gasteiger partial charge in [0.15, 0.2) is 0 Å². The van der Waals surface area contributed by atoms with Gasteiger partial charge in [-0.15, -0.1) is 0 Å². The number of pyridine rings is 1. The van der Waals surface area contributed by atoms with Crippen molar-refractivity contribution in [2.24, 2.45) is 0 Å². The van der Waals surface area contributed by atoms with E-state index < -0.39 is 0 Å². The van der Waals surface area contributed by atoms with Gasteiger partial charge in [0.1, 0.15) is 0 Å². The Morgan fingerprint density at radius 2 is 1.59 bits per heavy atom. The number of amides is 2. The molecule has 0 spiro atoms. The zero-order chi connectivity index (χ0) is 18.6. The molecule has 4 rings (SSSR count).